The van der Waals surface area contributed by atoms with Crippen LogP contribution >= 0.6 is 0 Å². The van der Waals surface area contributed by atoms with Crippen molar-refractivity contribution >= 4 is 5.91 Å². The van der Waals surface area contributed by atoms with Crippen molar-refractivity contribution in [1.29, 1.82) is 5.26 Å². The molecule has 1 amide bonds. The lowest BCUT2D eigenvalue weighted by atomic mass is 10.1. The van der Waals surface area contributed by atoms with E-state index in [1.165, 1.54) is 6.07 Å². The van der Waals surface area contributed by atoms with Gasteiger partial charge in [-0.15, -0.1) is 0 Å². The predicted molar refractivity (Wildman–Crippen MR) is 57.9 cm³/mol. The van der Waals surface area contributed by atoms with Gasteiger partial charge >= 0.3 is 0 Å². The van der Waals surface area contributed by atoms with Crippen LogP contribution in [0.5, 0.6) is 0 Å². The standard InChI is InChI=1S/C12H12F2N2O/c13-10-5-4-9(8-11(10)14)2-1-3-12(17)16-7-6-15/h4-5,8H,1-3,7H2,(H,16,17). The molecule has 1 rings (SSSR count). The second-order valence-electron chi connectivity index (χ2n) is 3.54. The molecule has 0 heterocycles. The number of nitrogens with one attached hydrogen (secondary N) is 1. The Morgan fingerprint density at radius 3 is 2.76 bits per heavy atom. The maximum atomic E-state index is 12.8. The lowest BCUT2D eigenvalue weighted by molar-refractivity contribution is -0.120. The summed E-state index contributed by atoms with van der Waals surface area (Å²) in [7, 11) is 0. The molecule has 1 N–H and O–H groups in total. The van der Waals surface area contributed by atoms with Crippen molar-refractivity contribution in [3.8, 4) is 6.07 Å². The van der Waals surface area contributed by atoms with Gasteiger partial charge in [0.1, 0.15) is 6.54 Å². The van der Waals surface area contributed by atoms with Crippen molar-refractivity contribution in [3.05, 3.63) is 35.4 Å². The Morgan fingerprint density at radius 1 is 1.35 bits per heavy atom. The van der Waals surface area contributed by atoms with Crippen LogP contribution in [0, 0.1) is 23.0 Å². The topological polar surface area (TPSA) is 52.9 Å². The molecule has 0 aliphatic rings. The minimum Gasteiger partial charge on any atom is -0.343 e. The Labute approximate surface area is 98.1 Å². The lowest BCUT2D eigenvalue weighted by Crippen LogP contribution is -2.23. The van der Waals surface area contributed by atoms with Gasteiger partial charge in [-0.05, 0) is 30.5 Å². The largest absolute Gasteiger partial charge is 0.343 e. The summed E-state index contributed by atoms with van der Waals surface area (Å²) >= 11 is 0. The summed E-state index contributed by atoms with van der Waals surface area (Å²) in [6, 6.07) is 5.49. The smallest absolute Gasteiger partial charge is 0.220 e. The highest BCUT2D eigenvalue weighted by Crippen LogP contribution is 2.11. The van der Waals surface area contributed by atoms with E-state index in [9.17, 15) is 13.6 Å². The summed E-state index contributed by atoms with van der Waals surface area (Å²) < 4.78 is 25.5. The Hall–Kier alpha value is -1.96. The van der Waals surface area contributed by atoms with Crippen LogP contribution in [0.25, 0.3) is 0 Å². The van der Waals surface area contributed by atoms with Crippen LogP contribution < -0.4 is 5.32 Å². The zero-order valence-corrected chi connectivity index (χ0v) is 9.17. The molecule has 0 atom stereocenters. The van der Waals surface area contributed by atoms with Crippen molar-refractivity contribution in [2.75, 3.05) is 6.54 Å². The van der Waals surface area contributed by atoms with Crippen LogP contribution in [0.3, 0.4) is 0 Å². The third kappa shape index (κ3) is 4.60. The summed E-state index contributed by atoms with van der Waals surface area (Å²) in [6.07, 6.45) is 1.29. The summed E-state index contributed by atoms with van der Waals surface area (Å²) in [5, 5.41) is 10.6. The molecule has 0 aromatic heterocycles. The molecule has 90 valence electrons. The first-order chi connectivity index (χ1) is 8.13. The Balaban J connectivity index is 2.33. The van der Waals surface area contributed by atoms with Gasteiger partial charge in [0.25, 0.3) is 0 Å². The number of halogens is 2. The fourth-order valence-electron chi connectivity index (χ4n) is 1.37. The van der Waals surface area contributed by atoms with Crippen LogP contribution in [0.2, 0.25) is 0 Å². The van der Waals surface area contributed by atoms with E-state index in [2.05, 4.69) is 5.32 Å². The highest BCUT2D eigenvalue weighted by molar-refractivity contribution is 5.76. The second-order valence-corrected chi connectivity index (χ2v) is 3.54. The summed E-state index contributed by atoms with van der Waals surface area (Å²) in [6.45, 7) is -0.00991. The quantitative estimate of drug-likeness (QED) is 0.797. The molecule has 0 saturated carbocycles. The van der Waals surface area contributed by atoms with Crippen LogP contribution in [0.1, 0.15) is 18.4 Å². The van der Waals surface area contributed by atoms with E-state index in [-0.39, 0.29) is 18.9 Å². The van der Waals surface area contributed by atoms with E-state index in [0.717, 1.165) is 12.1 Å². The number of hydrogen-bond acceptors (Lipinski definition) is 2. The van der Waals surface area contributed by atoms with Gasteiger partial charge in [0.05, 0.1) is 6.07 Å². The van der Waals surface area contributed by atoms with Gasteiger partial charge in [0, 0.05) is 6.42 Å². The maximum absolute atomic E-state index is 12.8. The van der Waals surface area contributed by atoms with Crippen molar-refractivity contribution in [2.45, 2.75) is 19.3 Å². The number of amides is 1. The van der Waals surface area contributed by atoms with Gasteiger partial charge in [0.2, 0.25) is 5.91 Å². The average molecular weight is 238 g/mol. The molecule has 0 fully saturated rings. The van der Waals surface area contributed by atoms with Crippen LogP contribution in [0.15, 0.2) is 18.2 Å². The Kier molecular flexibility index (Phi) is 5.08. The number of hydrogen-bond donors (Lipinski definition) is 1. The molecule has 0 spiro atoms. The minimum atomic E-state index is -0.878. The normalized spacial score (nSPS) is 9.71. The van der Waals surface area contributed by atoms with Gasteiger partial charge < -0.3 is 5.32 Å². The summed E-state index contributed by atoms with van der Waals surface area (Å²) in [5.41, 5.74) is 0.650. The Morgan fingerprint density at radius 2 is 2.12 bits per heavy atom. The van der Waals surface area contributed by atoms with E-state index in [4.69, 9.17) is 5.26 Å². The lowest BCUT2D eigenvalue weighted by Gasteiger charge is -2.02. The first kappa shape index (κ1) is 13.1. The molecule has 0 bridgehead atoms. The molecule has 0 radical (unpaired) electrons. The van der Waals surface area contributed by atoms with Gasteiger partial charge in [-0.25, -0.2) is 8.78 Å². The van der Waals surface area contributed by atoms with Gasteiger partial charge in [-0.3, -0.25) is 4.79 Å². The maximum Gasteiger partial charge on any atom is 0.220 e. The number of benzene rings is 1. The molecular weight excluding hydrogens is 226 g/mol. The first-order valence-corrected chi connectivity index (χ1v) is 5.21. The Bertz CT molecular complexity index is 441. The van der Waals surface area contributed by atoms with Crippen LogP contribution in [0.4, 0.5) is 8.78 Å². The SMILES string of the molecule is N#CCNC(=O)CCCc1ccc(F)c(F)c1. The van der Waals surface area contributed by atoms with Crippen molar-refractivity contribution < 1.29 is 13.6 Å². The van der Waals surface area contributed by atoms with E-state index < -0.39 is 11.6 Å². The number of rotatable bonds is 5. The first-order valence-electron chi connectivity index (χ1n) is 5.21. The van der Waals surface area contributed by atoms with E-state index in [0.29, 0.717) is 18.4 Å². The van der Waals surface area contributed by atoms with Crippen LogP contribution in [-0.2, 0) is 11.2 Å². The highest BCUT2D eigenvalue weighted by atomic mass is 19.2. The fourth-order valence-corrected chi connectivity index (χ4v) is 1.37. The van der Waals surface area contributed by atoms with E-state index in [1.54, 1.807) is 6.07 Å². The number of aryl methyl sites for hydroxylation is 1. The molecule has 1 aromatic carbocycles. The molecule has 0 aliphatic carbocycles. The minimum absolute atomic E-state index is 0.00991. The zero-order valence-electron chi connectivity index (χ0n) is 9.17. The second kappa shape index (κ2) is 6.59. The molecule has 17 heavy (non-hydrogen) atoms. The predicted octanol–water partition coefficient (Wildman–Crippen LogP) is 1.93. The number of nitrogens with zero attached hydrogens (tertiary/aromatic N) is 1. The fraction of sp³-hybridized carbons (Fsp3) is 0.333. The summed E-state index contributed by atoms with van der Waals surface area (Å²) in [4.78, 5) is 11.1. The molecular formula is C12H12F2N2O. The van der Waals surface area contributed by atoms with Crippen molar-refractivity contribution in [1.82, 2.24) is 5.32 Å². The molecule has 5 heteroatoms. The van der Waals surface area contributed by atoms with Crippen LogP contribution in [-0.4, -0.2) is 12.5 Å². The number of carbonyl (C=O) groups excluding carboxylic acids is 1. The third-order valence-electron chi connectivity index (χ3n) is 2.22. The van der Waals surface area contributed by atoms with E-state index in [1.807, 2.05) is 0 Å². The van der Waals surface area contributed by atoms with Gasteiger partial charge in [-0.2, -0.15) is 5.26 Å². The monoisotopic (exact) mass is 238 g/mol. The zero-order chi connectivity index (χ0) is 12.7. The highest BCUT2D eigenvalue weighted by Gasteiger charge is 2.04. The average Bonchev–Trinajstić information content (AvgIpc) is 2.31. The number of nitriles is 1. The van der Waals surface area contributed by atoms with Crippen molar-refractivity contribution in [2.24, 2.45) is 0 Å². The molecule has 0 unspecified atom stereocenters. The number of carbonyl (C=O) groups is 1. The van der Waals surface area contributed by atoms with Gasteiger partial charge in [0.15, 0.2) is 11.6 Å². The third-order valence-corrected chi connectivity index (χ3v) is 2.22. The molecule has 0 saturated heterocycles. The van der Waals surface area contributed by atoms with Gasteiger partial charge in [-0.1, -0.05) is 6.07 Å². The molecule has 0 aliphatic heterocycles. The van der Waals surface area contributed by atoms with E-state index >= 15 is 0 Å². The molecule has 3 nitrogen and oxygen atoms in total. The van der Waals surface area contributed by atoms with Crippen molar-refractivity contribution in [3.63, 3.8) is 0 Å². The summed E-state index contributed by atoms with van der Waals surface area (Å²) in [5.74, 6) is -1.97. The molecule has 1 aromatic rings.